The van der Waals surface area contributed by atoms with Gasteiger partial charge in [-0.1, -0.05) is 19.1 Å². The van der Waals surface area contributed by atoms with Crippen molar-refractivity contribution in [1.82, 2.24) is 19.8 Å². The lowest BCUT2D eigenvalue weighted by Gasteiger charge is -2.44. The molecule has 28 heavy (non-hydrogen) atoms. The molecule has 0 aliphatic carbocycles. The number of amides is 2. The first-order chi connectivity index (χ1) is 13.5. The van der Waals surface area contributed by atoms with Crippen molar-refractivity contribution in [3.8, 4) is 0 Å². The molecule has 2 fully saturated rings. The van der Waals surface area contributed by atoms with Crippen molar-refractivity contribution in [2.75, 3.05) is 26.2 Å². The summed E-state index contributed by atoms with van der Waals surface area (Å²) in [6, 6.07) is 7.85. The number of para-hydroxylation sites is 2. The molecule has 1 unspecified atom stereocenters. The molecule has 150 valence electrons. The molecule has 2 aliphatic rings. The van der Waals surface area contributed by atoms with Gasteiger partial charge in [-0.2, -0.15) is 0 Å². The van der Waals surface area contributed by atoms with E-state index in [9.17, 15) is 9.59 Å². The van der Waals surface area contributed by atoms with Crippen molar-refractivity contribution in [3.63, 3.8) is 0 Å². The molecular weight excluding hydrogens is 364 g/mol. The summed E-state index contributed by atoms with van der Waals surface area (Å²) in [6.07, 6.45) is 1.53. The van der Waals surface area contributed by atoms with Gasteiger partial charge < -0.3 is 19.7 Å². The Kier molecular flexibility index (Phi) is 5.81. The van der Waals surface area contributed by atoms with Crippen LogP contribution in [-0.2, 0) is 20.7 Å². The Morgan fingerprint density at radius 1 is 1.39 bits per heavy atom. The highest BCUT2D eigenvalue weighted by Crippen LogP contribution is 2.31. The number of ether oxygens (including phenoxy) is 1. The molecule has 2 saturated heterocycles. The van der Waals surface area contributed by atoms with Crippen LogP contribution in [0.1, 0.15) is 25.6 Å². The van der Waals surface area contributed by atoms with Gasteiger partial charge >= 0.3 is 6.09 Å². The third-order valence-corrected chi connectivity index (χ3v) is 5.36. The minimum atomic E-state index is -0.357. The van der Waals surface area contributed by atoms with Crippen molar-refractivity contribution >= 4 is 29.5 Å². The molecule has 9 nitrogen and oxygen atoms in total. The van der Waals surface area contributed by atoms with E-state index >= 15 is 0 Å². The number of rotatable bonds is 4. The summed E-state index contributed by atoms with van der Waals surface area (Å²) in [4.78, 5) is 44.3. The number of piperazine rings is 1. The lowest BCUT2D eigenvalue weighted by molar-refractivity contribution is -0.135. The summed E-state index contributed by atoms with van der Waals surface area (Å²) in [7, 11) is 0. The Labute approximate surface area is 162 Å². The highest BCUT2D eigenvalue weighted by Gasteiger charge is 2.50. The number of H-pyrrole nitrogens is 1. The maximum absolute atomic E-state index is 12.7. The third kappa shape index (κ3) is 3.78. The molecule has 1 aromatic carbocycles. The van der Waals surface area contributed by atoms with Gasteiger partial charge in [0.2, 0.25) is 5.91 Å². The number of hydrogen-bond donors (Lipinski definition) is 2. The zero-order valence-electron chi connectivity index (χ0n) is 15.8. The minimum absolute atomic E-state index is 0.104. The summed E-state index contributed by atoms with van der Waals surface area (Å²) in [5.41, 5.74) is 1.56. The molecule has 0 spiro atoms. The van der Waals surface area contributed by atoms with E-state index in [0.717, 1.165) is 23.3 Å². The second-order valence-corrected chi connectivity index (χ2v) is 6.91. The number of aromatic nitrogens is 2. The second-order valence-electron chi connectivity index (χ2n) is 6.91. The summed E-state index contributed by atoms with van der Waals surface area (Å²) in [5.74, 6) is 0.935. The van der Waals surface area contributed by atoms with E-state index in [1.807, 2.05) is 36.1 Å². The fraction of sp³-hybridized carbons (Fsp3) is 0.474. The predicted octanol–water partition coefficient (Wildman–Crippen LogP) is 1.64. The van der Waals surface area contributed by atoms with Crippen LogP contribution in [0.2, 0.25) is 0 Å². The molecule has 4 rings (SSSR count). The number of nitrogens with zero attached hydrogens (tertiary/aromatic N) is 3. The Morgan fingerprint density at radius 2 is 2.14 bits per heavy atom. The zero-order chi connectivity index (χ0) is 20.1. The van der Waals surface area contributed by atoms with E-state index in [-0.39, 0.29) is 24.0 Å². The molecule has 2 N–H and O–H groups in total. The van der Waals surface area contributed by atoms with Crippen LogP contribution >= 0.6 is 0 Å². The quantitative estimate of drug-likeness (QED) is 0.769. The second kappa shape index (κ2) is 8.28. The Hall–Kier alpha value is -3.10. The topological polar surface area (TPSA) is 116 Å². The van der Waals surface area contributed by atoms with Gasteiger partial charge in [-0.25, -0.2) is 9.78 Å². The predicted molar refractivity (Wildman–Crippen MR) is 101 cm³/mol. The van der Waals surface area contributed by atoms with Crippen LogP contribution in [0.25, 0.3) is 11.0 Å². The molecule has 2 amide bonds. The molecule has 1 atom stereocenters. The number of carboxylic acid groups (broad SMARTS) is 1. The van der Waals surface area contributed by atoms with Crippen LogP contribution in [0.4, 0.5) is 4.79 Å². The monoisotopic (exact) mass is 388 g/mol. The van der Waals surface area contributed by atoms with E-state index in [0.29, 0.717) is 39.1 Å². The van der Waals surface area contributed by atoms with Crippen molar-refractivity contribution in [2.24, 2.45) is 0 Å². The van der Waals surface area contributed by atoms with Crippen molar-refractivity contribution in [2.45, 2.75) is 31.7 Å². The number of carbonyl (C=O) groups excluding carboxylic acids is 2. The van der Waals surface area contributed by atoms with Gasteiger partial charge in [-0.15, -0.1) is 0 Å². The lowest BCUT2D eigenvalue weighted by Crippen LogP contribution is -2.62. The van der Waals surface area contributed by atoms with Crippen LogP contribution < -0.4 is 0 Å². The maximum atomic E-state index is 12.7. The molecule has 3 heterocycles. The summed E-state index contributed by atoms with van der Waals surface area (Å²) in [6.45, 7) is 3.82. The fourth-order valence-corrected chi connectivity index (χ4v) is 3.79. The molecule has 0 saturated carbocycles. The number of nitrogens with one attached hydrogen (secondary N) is 1. The highest BCUT2D eigenvalue weighted by atomic mass is 16.6. The SMILES string of the molecule is CCC12COC(=O)N1CCN(C(=O)CCc1nc3ccccc3[nH]1)C2.O=CO. The van der Waals surface area contributed by atoms with Crippen LogP contribution in [0.5, 0.6) is 0 Å². The fourth-order valence-electron chi connectivity index (χ4n) is 3.79. The Bertz CT molecular complexity index is 834. The smallest absolute Gasteiger partial charge is 0.410 e. The number of cyclic esters (lactones) is 1. The molecule has 1 aromatic heterocycles. The van der Waals surface area contributed by atoms with E-state index in [1.165, 1.54) is 0 Å². The molecule has 9 heteroatoms. The van der Waals surface area contributed by atoms with Crippen LogP contribution in [0, 0.1) is 0 Å². The highest BCUT2D eigenvalue weighted by molar-refractivity contribution is 5.78. The average molecular weight is 388 g/mol. The summed E-state index contributed by atoms with van der Waals surface area (Å²) >= 11 is 0. The Balaban J connectivity index is 0.000000706. The van der Waals surface area contributed by atoms with Gasteiger partial charge in [0.15, 0.2) is 0 Å². The zero-order valence-corrected chi connectivity index (χ0v) is 15.8. The molecular formula is C19H24N4O5. The molecule has 0 radical (unpaired) electrons. The summed E-state index contributed by atoms with van der Waals surface area (Å²) in [5, 5.41) is 6.89. The van der Waals surface area contributed by atoms with Gasteiger partial charge in [-0.05, 0) is 18.6 Å². The van der Waals surface area contributed by atoms with E-state index in [1.54, 1.807) is 4.90 Å². The normalized spacial score (nSPS) is 21.0. The molecule has 2 aromatic rings. The molecule has 0 bridgehead atoms. The number of fused-ring (bicyclic) bond motifs is 2. The van der Waals surface area contributed by atoms with Crippen LogP contribution in [0.3, 0.4) is 0 Å². The van der Waals surface area contributed by atoms with E-state index in [4.69, 9.17) is 14.6 Å². The first-order valence-electron chi connectivity index (χ1n) is 9.26. The minimum Gasteiger partial charge on any atom is -0.483 e. The number of aromatic amines is 1. The van der Waals surface area contributed by atoms with E-state index in [2.05, 4.69) is 9.97 Å². The number of imidazole rings is 1. The lowest BCUT2D eigenvalue weighted by atomic mass is 9.92. The molecule has 2 aliphatic heterocycles. The summed E-state index contributed by atoms with van der Waals surface area (Å²) < 4.78 is 5.22. The first kappa shape index (κ1) is 19.7. The van der Waals surface area contributed by atoms with Crippen LogP contribution in [-0.4, -0.2) is 75.1 Å². The largest absolute Gasteiger partial charge is 0.483 e. The van der Waals surface area contributed by atoms with Gasteiger partial charge in [0.1, 0.15) is 12.4 Å². The van der Waals surface area contributed by atoms with Crippen molar-refractivity contribution in [1.29, 1.82) is 0 Å². The maximum Gasteiger partial charge on any atom is 0.410 e. The van der Waals surface area contributed by atoms with Crippen molar-refractivity contribution < 1.29 is 24.2 Å². The third-order valence-electron chi connectivity index (χ3n) is 5.36. The van der Waals surface area contributed by atoms with Gasteiger partial charge in [-0.3, -0.25) is 14.5 Å². The van der Waals surface area contributed by atoms with Crippen molar-refractivity contribution in [3.05, 3.63) is 30.1 Å². The number of hydrogen-bond acceptors (Lipinski definition) is 5. The Morgan fingerprint density at radius 3 is 2.86 bits per heavy atom. The number of aryl methyl sites for hydroxylation is 1. The van der Waals surface area contributed by atoms with Gasteiger partial charge in [0.25, 0.3) is 6.47 Å². The average Bonchev–Trinajstić information content (AvgIpc) is 3.27. The van der Waals surface area contributed by atoms with Crippen LogP contribution in [0.15, 0.2) is 24.3 Å². The number of benzene rings is 1. The number of carbonyl (C=O) groups is 3. The van der Waals surface area contributed by atoms with E-state index < -0.39 is 0 Å². The standard InChI is InChI=1S/C18H22N4O3.CH2O2/c1-2-18-11-21(9-10-22(18)17(24)25-12-18)16(23)8-7-15-19-13-5-3-4-6-14(13)20-15;2-1-3/h3-6H,2,7-12H2,1H3,(H,19,20);1H,(H,2,3). The first-order valence-corrected chi connectivity index (χ1v) is 9.26. The van der Waals surface area contributed by atoms with Gasteiger partial charge in [0.05, 0.1) is 16.6 Å². The van der Waals surface area contributed by atoms with Gasteiger partial charge in [0, 0.05) is 32.5 Å².